The summed E-state index contributed by atoms with van der Waals surface area (Å²) in [6.07, 6.45) is 4.33. The zero-order valence-corrected chi connectivity index (χ0v) is 10.3. The Morgan fingerprint density at radius 3 is 2.44 bits per heavy atom. The molecule has 0 spiro atoms. The molecular weight excluding hydrogens is 202 g/mol. The van der Waals surface area contributed by atoms with Crippen LogP contribution in [0.2, 0.25) is 0 Å². The van der Waals surface area contributed by atoms with Crippen molar-refractivity contribution in [1.82, 2.24) is 15.8 Å². The average molecular weight is 225 g/mol. The highest BCUT2D eigenvalue weighted by molar-refractivity contribution is 5.75. The number of amides is 1. The van der Waals surface area contributed by atoms with Crippen LogP contribution in [0, 0.1) is 5.92 Å². The van der Waals surface area contributed by atoms with E-state index in [1.807, 2.05) is 0 Å². The van der Waals surface area contributed by atoms with Gasteiger partial charge in [-0.25, -0.2) is 5.01 Å². The second-order valence-corrected chi connectivity index (χ2v) is 5.30. The van der Waals surface area contributed by atoms with Gasteiger partial charge in [0.2, 0.25) is 5.91 Å². The molecule has 2 aliphatic rings. The molecule has 16 heavy (non-hydrogen) atoms. The van der Waals surface area contributed by atoms with Crippen LogP contribution in [0.5, 0.6) is 0 Å². The number of rotatable bonds is 3. The molecule has 0 aliphatic carbocycles. The van der Waals surface area contributed by atoms with Gasteiger partial charge < -0.3 is 5.32 Å². The van der Waals surface area contributed by atoms with Gasteiger partial charge in [-0.2, -0.15) is 0 Å². The zero-order chi connectivity index (χ0) is 11.5. The first kappa shape index (κ1) is 11.9. The van der Waals surface area contributed by atoms with E-state index in [1.54, 1.807) is 0 Å². The van der Waals surface area contributed by atoms with Crippen molar-refractivity contribution in [3.63, 3.8) is 0 Å². The van der Waals surface area contributed by atoms with Crippen LogP contribution in [-0.4, -0.2) is 36.1 Å². The van der Waals surface area contributed by atoms with Crippen molar-refractivity contribution in [1.29, 1.82) is 0 Å². The molecule has 0 saturated carbocycles. The minimum Gasteiger partial charge on any atom is -0.316 e. The van der Waals surface area contributed by atoms with Crippen LogP contribution in [0.4, 0.5) is 0 Å². The Morgan fingerprint density at radius 2 is 1.94 bits per heavy atom. The van der Waals surface area contributed by atoms with E-state index in [1.165, 1.54) is 19.3 Å². The molecular formula is C12H23N3O. The Morgan fingerprint density at radius 1 is 1.31 bits per heavy atom. The highest BCUT2D eigenvalue weighted by Gasteiger charge is 2.27. The molecule has 2 heterocycles. The SMILES string of the molecule is CC1CCCC(C)N1NC(=O)CC1CNC1. The fraction of sp³-hybridized carbons (Fsp3) is 0.917. The van der Waals surface area contributed by atoms with Crippen molar-refractivity contribution in [3.8, 4) is 0 Å². The molecule has 2 N–H and O–H groups in total. The van der Waals surface area contributed by atoms with Crippen molar-refractivity contribution >= 4 is 5.91 Å². The summed E-state index contributed by atoms with van der Waals surface area (Å²) in [5.74, 6) is 0.738. The first-order valence-corrected chi connectivity index (χ1v) is 6.45. The number of hydrogen-bond acceptors (Lipinski definition) is 3. The van der Waals surface area contributed by atoms with E-state index in [9.17, 15) is 4.79 Å². The lowest BCUT2D eigenvalue weighted by Crippen LogP contribution is -2.55. The molecule has 1 amide bonds. The summed E-state index contributed by atoms with van der Waals surface area (Å²) in [6.45, 7) is 6.39. The molecule has 0 aromatic heterocycles. The smallest absolute Gasteiger partial charge is 0.234 e. The highest BCUT2D eigenvalue weighted by Crippen LogP contribution is 2.20. The first-order chi connectivity index (χ1) is 7.66. The van der Waals surface area contributed by atoms with E-state index >= 15 is 0 Å². The van der Waals surface area contributed by atoms with Gasteiger partial charge in [0, 0.05) is 18.5 Å². The lowest BCUT2D eigenvalue weighted by molar-refractivity contribution is -0.130. The number of hydrogen-bond donors (Lipinski definition) is 2. The van der Waals surface area contributed by atoms with E-state index in [0.29, 0.717) is 24.4 Å². The second kappa shape index (κ2) is 5.15. The molecule has 4 heteroatoms. The Labute approximate surface area is 97.7 Å². The molecule has 4 nitrogen and oxygen atoms in total. The molecule has 0 aromatic carbocycles. The average Bonchev–Trinajstić information content (AvgIpc) is 2.18. The molecule has 2 unspecified atom stereocenters. The molecule has 2 aliphatic heterocycles. The van der Waals surface area contributed by atoms with Crippen LogP contribution in [0.3, 0.4) is 0 Å². The quantitative estimate of drug-likeness (QED) is 0.750. The van der Waals surface area contributed by atoms with Gasteiger partial charge in [0.15, 0.2) is 0 Å². The van der Waals surface area contributed by atoms with Gasteiger partial charge in [-0.05, 0) is 45.7 Å². The fourth-order valence-corrected chi connectivity index (χ4v) is 2.59. The zero-order valence-electron chi connectivity index (χ0n) is 10.3. The van der Waals surface area contributed by atoms with Crippen LogP contribution in [0.1, 0.15) is 39.5 Å². The van der Waals surface area contributed by atoms with Gasteiger partial charge >= 0.3 is 0 Å². The number of hydrazine groups is 1. The maximum atomic E-state index is 11.8. The minimum absolute atomic E-state index is 0.187. The van der Waals surface area contributed by atoms with Gasteiger partial charge in [0.25, 0.3) is 0 Å². The molecule has 2 atom stereocenters. The topological polar surface area (TPSA) is 44.4 Å². The summed E-state index contributed by atoms with van der Waals surface area (Å²) in [5.41, 5.74) is 3.08. The molecule has 2 fully saturated rings. The summed E-state index contributed by atoms with van der Waals surface area (Å²) in [4.78, 5) is 11.8. The largest absolute Gasteiger partial charge is 0.316 e. The van der Waals surface area contributed by atoms with Gasteiger partial charge in [-0.15, -0.1) is 0 Å². The third kappa shape index (κ3) is 2.74. The Balaban J connectivity index is 1.79. The predicted molar refractivity (Wildman–Crippen MR) is 63.7 cm³/mol. The van der Waals surface area contributed by atoms with Gasteiger partial charge in [-0.3, -0.25) is 10.2 Å². The summed E-state index contributed by atoms with van der Waals surface area (Å²) in [5, 5.41) is 5.34. The van der Waals surface area contributed by atoms with Crippen LogP contribution >= 0.6 is 0 Å². The summed E-state index contributed by atoms with van der Waals surface area (Å²) < 4.78 is 0. The number of piperidine rings is 1. The van der Waals surface area contributed by atoms with E-state index in [2.05, 4.69) is 29.6 Å². The predicted octanol–water partition coefficient (Wildman–Crippen LogP) is 0.890. The Bertz CT molecular complexity index is 243. The van der Waals surface area contributed by atoms with Crippen LogP contribution < -0.4 is 10.7 Å². The Hall–Kier alpha value is -0.610. The van der Waals surface area contributed by atoms with E-state index in [-0.39, 0.29) is 5.91 Å². The Kier molecular flexibility index (Phi) is 3.82. The standard InChI is InChI=1S/C12H23N3O/c1-9-4-3-5-10(2)15(9)14-12(16)6-11-7-13-8-11/h9-11,13H,3-8H2,1-2H3,(H,14,16). The summed E-state index contributed by atoms with van der Waals surface area (Å²) >= 11 is 0. The number of nitrogens with zero attached hydrogens (tertiary/aromatic N) is 1. The molecule has 0 aromatic rings. The van der Waals surface area contributed by atoms with E-state index < -0.39 is 0 Å². The van der Waals surface area contributed by atoms with Gasteiger partial charge in [-0.1, -0.05) is 6.42 Å². The van der Waals surface area contributed by atoms with Crippen molar-refractivity contribution < 1.29 is 4.79 Å². The number of carbonyl (C=O) groups is 1. The van der Waals surface area contributed by atoms with Gasteiger partial charge in [0.1, 0.15) is 0 Å². The second-order valence-electron chi connectivity index (χ2n) is 5.30. The fourth-order valence-electron chi connectivity index (χ4n) is 2.59. The van der Waals surface area contributed by atoms with Crippen molar-refractivity contribution in [2.45, 2.75) is 51.6 Å². The first-order valence-electron chi connectivity index (χ1n) is 6.45. The molecule has 2 rings (SSSR count). The highest BCUT2D eigenvalue weighted by atomic mass is 16.2. The van der Waals surface area contributed by atoms with Crippen LogP contribution in [0.15, 0.2) is 0 Å². The molecule has 2 saturated heterocycles. The van der Waals surface area contributed by atoms with E-state index in [0.717, 1.165) is 13.1 Å². The van der Waals surface area contributed by atoms with Crippen molar-refractivity contribution in [3.05, 3.63) is 0 Å². The summed E-state index contributed by atoms with van der Waals surface area (Å²) in [6, 6.07) is 0.958. The molecule has 0 bridgehead atoms. The number of carbonyl (C=O) groups excluding carboxylic acids is 1. The van der Waals surface area contributed by atoms with Crippen LogP contribution in [-0.2, 0) is 4.79 Å². The summed E-state index contributed by atoms with van der Waals surface area (Å²) in [7, 11) is 0. The minimum atomic E-state index is 0.187. The maximum Gasteiger partial charge on any atom is 0.234 e. The maximum absolute atomic E-state index is 11.8. The third-order valence-corrected chi connectivity index (χ3v) is 3.79. The van der Waals surface area contributed by atoms with Crippen molar-refractivity contribution in [2.75, 3.05) is 13.1 Å². The van der Waals surface area contributed by atoms with Crippen LogP contribution in [0.25, 0.3) is 0 Å². The van der Waals surface area contributed by atoms with E-state index in [4.69, 9.17) is 0 Å². The monoisotopic (exact) mass is 225 g/mol. The normalized spacial score (nSPS) is 32.1. The van der Waals surface area contributed by atoms with Crippen molar-refractivity contribution in [2.24, 2.45) is 5.92 Å². The lowest BCUT2D eigenvalue weighted by atomic mass is 9.98. The third-order valence-electron chi connectivity index (χ3n) is 3.79. The molecule has 92 valence electrons. The number of nitrogens with one attached hydrogen (secondary N) is 2. The molecule has 0 radical (unpaired) electrons. The van der Waals surface area contributed by atoms with Gasteiger partial charge in [0.05, 0.1) is 0 Å². The lowest BCUT2D eigenvalue weighted by Gasteiger charge is -2.39.